The molecule has 0 atom stereocenters. The number of anilines is 2. The van der Waals surface area contributed by atoms with Gasteiger partial charge in [-0.15, -0.1) is 0 Å². The topological polar surface area (TPSA) is 68.0 Å². The first kappa shape index (κ1) is 12.8. The lowest BCUT2D eigenvalue weighted by Gasteiger charge is -2.01. The molecule has 0 fully saturated rings. The van der Waals surface area contributed by atoms with Gasteiger partial charge in [-0.3, -0.25) is 4.79 Å². The van der Waals surface area contributed by atoms with Crippen molar-refractivity contribution in [2.75, 3.05) is 11.1 Å². The van der Waals surface area contributed by atoms with Gasteiger partial charge in [-0.05, 0) is 35.9 Å². The van der Waals surface area contributed by atoms with Gasteiger partial charge in [0.1, 0.15) is 11.6 Å². The summed E-state index contributed by atoms with van der Waals surface area (Å²) in [6.07, 6.45) is 4.43. The Kier molecular flexibility index (Phi) is 3.87. The first-order valence-electron chi connectivity index (χ1n) is 5.59. The highest BCUT2D eigenvalue weighted by Gasteiger charge is 1.98. The number of pyridine rings is 1. The van der Waals surface area contributed by atoms with Crippen LogP contribution in [0, 0.1) is 5.82 Å². The van der Waals surface area contributed by atoms with Crippen LogP contribution < -0.4 is 11.1 Å². The van der Waals surface area contributed by atoms with E-state index in [0.717, 1.165) is 5.56 Å². The van der Waals surface area contributed by atoms with Gasteiger partial charge in [-0.1, -0.05) is 12.1 Å². The lowest BCUT2D eigenvalue weighted by atomic mass is 10.2. The summed E-state index contributed by atoms with van der Waals surface area (Å²) in [5, 5.41) is 2.63. The number of nitrogen functional groups attached to an aromatic ring is 1. The third-order valence-corrected chi connectivity index (χ3v) is 2.35. The Morgan fingerprint density at radius 3 is 2.58 bits per heavy atom. The highest BCUT2D eigenvalue weighted by molar-refractivity contribution is 6.01. The zero-order valence-corrected chi connectivity index (χ0v) is 10.0. The molecule has 5 heteroatoms. The molecule has 1 heterocycles. The molecule has 3 N–H and O–H groups in total. The third-order valence-electron chi connectivity index (χ3n) is 2.35. The van der Waals surface area contributed by atoms with Crippen LogP contribution in [-0.2, 0) is 4.79 Å². The summed E-state index contributed by atoms with van der Waals surface area (Å²) >= 11 is 0. The number of hydrogen-bond donors (Lipinski definition) is 2. The standard InChI is InChI=1S/C14H12FN3O/c15-11-4-1-10(2-5-11)3-8-14(19)18-12-6-7-13(16)17-9-12/h1-9H,(H2,16,17)(H,18,19). The molecular weight excluding hydrogens is 245 g/mol. The Bertz CT molecular complexity index is 591. The SMILES string of the molecule is Nc1ccc(NC(=O)C=Cc2ccc(F)cc2)cn1. The van der Waals surface area contributed by atoms with E-state index in [1.165, 1.54) is 24.4 Å². The number of halogens is 1. The number of nitrogens with zero attached hydrogens (tertiary/aromatic N) is 1. The number of nitrogens with two attached hydrogens (primary N) is 1. The summed E-state index contributed by atoms with van der Waals surface area (Å²) in [5.41, 5.74) is 6.74. The summed E-state index contributed by atoms with van der Waals surface area (Å²) in [7, 11) is 0. The van der Waals surface area contributed by atoms with E-state index in [9.17, 15) is 9.18 Å². The Balaban J connectivity index is 1.97. The van der Waals surface area contributed by atoms with Gasteiger partial charge in [-0.25, -0.2) is 9.37 Å². The Morgan fingerprint density at radius 1 is 1.21 bits per heavy atom. The van der Waals surface area contributed by atoms with Crippen molar-refractivity contribution >= 4 is 23.5 Å². The van der Waals surface area contributed by atoms with Crippen LogP contribution in [0.4, 0.5) is 15.9 Å². The highest BCUT2D eigenvalue weighted by atomic mass is 19.1. The average molecular weight is 257 g/mol. The lowest BCUT2D eigenvalue weighted by molar-refractivity contribution is -0.111. The van der Waals surface area contributed by atoms with Gasteiger partial charge in [0, 0.05) is 6.08 Å². The van der Waals surface area contributed by atoms with E-state index in [1.54, 1.807) is 30.3 Å². The zero-order chi connectivity index (χ0) is 13.7. The second kappa shape index (κ2) is 5.77. The lowest BCUT2D eigenvalue weighted by Crippen LogP contribution is -2.08. The molecular formula is C14H12FN3O. The predicted molar refractivity (Wildman–Crippen MR) is 72.7 cm³/mol. The number of rotatable bonds is 3. The minimum atomic E-state index is -0.311. The number of amides is 1. The number of benzene rings is 1. The molecule has 1 aromatic carbocycles. The summed E-state index contributed by atoms with van der Waals surface area (Å²) in [4.78, 5) is 15.5. The van der Waals surface area contributed by atoms with Gasteiger partial charge in [0.25, 0.3) is 0 Å². The van der Waals surface area contributed by atoms with E-state index in [2.05, 4.69) is 10.3 Å². The fourth-order valence-electron chi connectivity index (χ4n) is 1.41. The maximum absolute atomic E-state index is 12.7. The first-order chi connectivity index (χ1) is 9.13. The van der Waals surface area contributed by atoms with Crippen molar-refractivity contribution in [3.63, 3.8) is 0 Å². The fourth-order valence-corrected chi connectivity index (χ4v) is 1.41. The van der Waals surface area contributed by atoms with Crippen LogP contribution in [0.15, 0.2) is 48.7 Å². The zero-order valence-electron chi connectivity index (χ0n) is 10.0. The second-order valence-corrected chi connectivity index (χ2v) is 3.85. The molecule has 0 aliphatic carbocycles. The van der Waals surface area contributed by atoms with E-state index in [0.29, 0.717) is 11.5 Å². The molecule has 0 aliphatic heterocycles. The molecule has 1 amide bonds. The largest absolute Gasteiger partial charge is 0.384 e. The molecule has 0 spiro atoms. The number of carbonyl (C=O) groups excluding carboxylic acids is 1. The minimum Gasteiger partial charge on any atom is -0.384 e. The van der Waals surface area contributed by atoms with E-state index in [4.69, 9.17) is 5.73 Å². The Hall–Kier alpha value is -2.69. The number of aromatic nitrogens is 1. The van der Waals surface area contributed by atoms with Crippen LogP contribution in [0.5, 0.6) is 0 Å². The van der Waals surface area contributed by atoms with E-state index < -0.39 is 0 Å². The number of carbonyl (C=O) groups is 1. The van der Waals surface area contributed by atoms with E-state index in [1.807, 2.05) is 0 Å². The maximum Gasteiger partial charge on any atom is 0.248 e. The third kappa shape index (κ3) is 3.92. The monoisotopic (exact) mass is 257 g/mol. The van der Waals surface area contributed by atoms with Crippen molar-refractivity contribution in [2.24, 2.45) is 0 Å². The second-order valence-electron chi connectivity index (χ2n) is 3.85. The van der Waals surface area contributed by atoms with Crippen molar-refractivity contribution in [2.45, 2.75) is 0 Å². The number of hydrogen-bond acceptors (Lipinski definition) is 3. The molecule has 0 saturated heterocycles. The molecule has 96 valence electrons. The van der Waals surface area contributed by atoms with E-state index in [-0.39, 0.29) is 11.7 Å². The summed E-state index contributed by atoms with van der Waals surface area (Å²) in [5.74, 6) is -0.217. The predicted octanol–water partition coefficient (Wildman–Crippen LogP) is 2.45. The van der Waals surface area contributed by atoms with Gasteiger partial charge >= 0.3 is 0 Å². The molecule has 2 aromatic rings. The van der Waals surface area contributed by atoms with Crippen LogP contribution in [0.2, 0.25) is 0 Å². The molecule has 0 bridgehead atoms. The molecule has 0 unspecified atom stereocenters. The first-order valence-corrected chi connectivity index (χ1v) is 5.59. The van der Waals surface area contributed by atoms with Crippen LogP contribution in [0.1, 0.15) is 5.56 Å². The van der Waals surface area contributed by atoms with E-state index >= 15 is 0 Å². The summed E-state index contributed by atoms with van der Waals surface area (Å²) in [6, 6.07) is 9.10. The van der Waals surface area contributed by atoms with Crippen LogP contribution >= 0.6 is 0 Å². The smallest absolute Gasteiger partial charge is 0.248 e. The van der Waals surface area contributed by atoms with Crippen molar-refractivity contribution in [1.29, 1.82) is 0 Å². The Labute approximate surface area is 109 Å². The Morgan fingerprint density at radius 2 is 1.95 bits per heavy atom. The van der Waals surface area contributed by atoms with Crippen LogP contribution in [0.25, 0.3) is 6.08 Å². The van der Waals surface area contributed by atoms with Crippen molar-refractivity contribution in [1.82, 2.24) is 4.98 Å². The summed E-state index contributed by atoms with van der Waals surface area (Å²) < 4.78 is 12.7. The van der Waals surface area contributed by atoms with Crippen molar-refractivity contribution in [3.8, 4) is 0 Å². The van der Waals surface area contributed by atoms with Crippen molar-refractivity contribution < 1.29 is 9.18 Å². The molecule has 19 heavy (non-hydrogen) atoms. The normalized spacial score (nSPS) is 10.6. The maximum atomic E-state index is 12.7. The van der Waals surface area contributed by atoms with Crippen molar-refractivity contribution in [3.05, 3.63) is 60.1 Å². The quantitative estimate of drug-likeness (QED) is 0.830. The molecule has 0 aliphatic rings. The molecule has 0 radical (unpaired) electrons. The van der Waals surface area contributed by atoms with Crippen LogP contribution in [-0.4, -0.2) is 10.9 Å². The molecule has 2 rings (SSSR count). The van der Waals surface area contributed by atoms with Crippen LogP contribution in [0.3, 0.4) is 0 Å². The minimum absolute atomic E-state index is 0.295. The van der Waals surface area contributed by atoms with Gasteiger partial charge in [0.15, 0.2) is 0 Å². The van der Waals surface area contributed by atoms with Gasteiger partial charge in [0.05, 0.1) is 11.9 Å². The molecule has 1 aromatic heterocycles. The highest BCUT2D eigenvalue weighted by Crippen LogP contribution is 2.08. The molecule has 4 nitrogen and oxygen atoms in total. The van der Waals surface area contributed by atoms with Gasteiger partial charge in [0.2, 0.25) is 5.91 Å². The summed E-state index contributed by atoms with van der Waals surface area (Å²) in [6.45, 7) is 0. The van der Waals surface area contributed by atoms with Gasteiger partial charge < -0.3 is 11.1 Å². The molecule has 0 saturated carbocycles. The average Bonchev–Trinajstić information content (AvgIpc) is 2.41. The number of nitrogens with one attached hydrogen (secondary N) is 1. The van der Waals surface area contributed by atoms with Gasteiger partial charge in [-0.2, -0.15) is 0 Å². The fraction of sp³-hybridized carbons (Fsp3) is 0.